The number of rotatable bonds is 3. The summed E-state index contributed by atoms with van der Waals surface area (Å²) in [5.41, 5.74) is 5.74. The number of hydrogen-bond acceptors (Lipinski definition) is 2. The fraction of sp³-hybridized carbons (Fsp3) is 1.00. The van der Waals surface area contributed by atoms with Crippen LogP contribution in [0, 0.1) is 23.7 Å². The van der Waals surface area contributed by atoms with Gasteiger partial charge in [-0.05, 0) is 49.9 Å². The van der Waals surface area contributed by atoms with Gasteiger partial charge in [-0.3, -0.25) is 0 Å². The highest BCUT2D eigenvalue weighted by atomic mass is 15.0. The zero-order valence-corrected chi connectivity index (χ0v) is 8.37. The van der Waals surface area contributed by atoms with Crippen molar-refractivity contribution in [1.82, 2.24) is 5.32 Å². The number of nitrogens with one attached hydrogen (secondary N) is 1. The van der Waals surface area contributed by atoms with Gasteiger partial charge in [-0.1, -0.05) is 0 Å². The predicted molar refractivity (Wildman–Crippen MR) is 53.3 cm³/mol. The molecule has 0 aromatic carbocycles. The summed E-state index contributed by atoms with van der Waals surface area (Å²) in [5, 5.41) is 3.63. The molecule has 3 saturated carbocycles. The van der Waals surface area contributed by atoms with E-state index in [2.05, 4.69) is 12.2 Å². The second-order valence-corrected chi connectivity index (χ2v) is 5.40. The van der Waals surface area contributed by atoms with E-state index in [1.54, 1.807) is 6.42 Å². The van der Waals surface area contributed by atoms with Crippen LogP contribution in [0.1, 0.15) is 26.2 Å². The van der Waals surface area contributed by atoms with Crippen LogP contribution in [-0.2, 0) is 0 Å². The first-order chi connectivity index (χ1) is 6.27. The molecule has 0 amide bonds. The minimum absolute atomic E-state index is 0.318. The Kier molecular flexibility index (Phi) is 1.72. The fourth-order valence-electron chi connectivity index (χ4n) is 3.92. The van der Waals surface area contributed by atoms with Gasteiger partial charge in [0.05, 0.1) is 0 Å². The molecular weight excluding hydrogens is 160 g/mol. The monoisotopic (exact) mass is 180 g/mol. The van der Waals surface area contributed by atoms with Gasteiger partial charge in [0, 0.05) is 18.6 Å². The molecule has 0 saturated heterocycles. The van der Waals surface area contributed by atoms with E-state index in [9.17, 15) is 0 Å². The van der Waals surface area contributed by atoms with Crippen LogP contribution in [0.5, 0.6) is 0 Å². The number of hydrogen-bond donors (Lipinski definition) is 2. The maximum absolute atomic E-state index is 5.74. The van der Waals surface area contributed by atoms with Crippen molar-refractivity contribution in [2.45, 2.75) is 38.3 Å². The summed E-state index contributed by atoms with van der Waals surface area (Å²) in [6.45, 7) is 3.09. The molecule has 0 heterocycles. The third kappa shape index (κ3) is 1.15. The Balaban J connectivity index is 1.55. The van der Waals surface area contributed by atoms with Crippen molar-refractivity contribution in [2.24, 2.45) is 29.4 Å². The molecule has 5 atom stereocenters. The Morgan fingerprint density at radius 2 is 1.92 bits per heavy atom. The highest BCUT2D eigenvalue weighted by Gasteiger charge is 2.64. The van der Waals surface area contributed by atoms with Crippen LogP contribution in [0.15, 0.2) is 0 Å². The molecule has 3 aliphatic rings. The molecule has 0 aromatic rings. The van der Waals surface area contributed by atoms with Gasteiger partial charge in [-0.25, -0.2) is 0 Å². The summed E-state index contributed by atoms with van der Waals surface area (Å²) >= 11 is 0. The SMILES string of the molecule is C[C@H](N)CNC1C2C3CCC(C3)C12. The van der Waals surface area contributed by atoms with Gasteiger partial charge in [-0.2, -0.15) is 0 Å². The smallest absolute Gasteiger partial charge is 0.0136 e. The minimum Gasteiger partial charge on any atom is -0.327 e. The first-order valence-electron chi connectivity index (χ1n) is 5.76. The van der Waals surface area contributed by atoms with Crippen molar-refractivity contribution in [3.05, 3.63) is 0 Å². The molecule has 2 bridgehead atoms. The van der Waals surface area contributed by atoms with Crippen LogP contribution in [-0.4, -0.2) is 18.6 Å². The lowest BCUT2D eigenvalue weighted by Crippen LogP contribution is -2.34. The Labute approximate surface area is 80.3 Å². The van der Waals surface area contributed by atoms with Crippen molar-refractivity contribution in [2.75, 3.05) is 6.54 Å². The summed E-state index contributed by atoms with van der Waals surface area (Å²) in [5.74, 6) is 4.27. The van der Waals surface area contributed by atoms with Gasteiger partial charge in [0.2, 0.25) is 0 Å². The Morgan fingerprint density at radius 3 is 2.46 bits per heavy atom. The lowest BCUT2D eigenvalue weighted by Gasteiger charge is -2.11. The summed E-state index contributed by atoms with van der Waals surface area (Å²) in [4.78, 5) is 0. The summed E-state index contributed by atoms with van der Waals surface area (Å²) in [7, 11) is 0. The largest absolute Gasteiger partial charge is 0.327 e. The van der Waals surface area contributed by atoms with Crippen molar-refractivity contribution in [3.63, 3.8) is 0 Å². The van der Waals surface area contributed by atoms with Crippen LogP contribution in [0.3, 0.4) is 0 Å². The van der Waals surface area contributed by atoms with Crippen LogP contribution in [0.4, 0.5) is 0 Å². The maximum atomic E-state index is 5.74. The highest BCUT2D eigenvalue weighted by Crippen LogP contribution is 2.65. The van der Waals surface area contributed by atoms with Gasteiger partial charge < -0.3 is 11.1 Å². The highest BCUT2D eigenvalue weighted by molar-refractivity contribution is 5.16. The number of fused-ring (bicyclic) bond motifs is 5. The van der Waals surface area contributed by atoms with Crippen LogP contribution < -0.4 is 11.1 Å². The molecule has 0 aliphatic heterocycles. The van der Waals surface area contributed by atoms with Gasteiger partial charge in [0.15, 0.2) is 0 Å². The van der Waals surface area contributed by atoms with E-state index in [1.165, 1.54) is 12.8 Å². The molecule has 13 heavy (non-hydrogen) atoms. The van der Waals surface area contributed by atoms with E-state index in [1.807, 2.05) is 0 Å². The van der Waals surface area contributed by atoms with Crippen molar-refractivity contribution in [3.8, 4) is 0 Å². The van der Waals surface area contributed by atoms with E-state index in [4.69, 9.17) is 5.73 Å². The Morgan fingerprint density at radius 1 is 1.31 bits per heavy atom. The van der Waals surface area contributed by atoms with Crippen molar-refractivity contribution < 1.29 is 0 Å². The molecule has 3 rings (SSSR count). The quantitative estimate of drug-likeness (QED) is 0.679. The molecule has 3 N–H and O–H groups in total. The molecule has 4 unspecified atom stereocenters. The zero-order valence-electron chi connectivity index (χ0n) is 8.37. The molecule has 74 valence electrons. The average molecular weight is 180 g/mol. The molecular formula is C11H20N2. The van der Waals surface area contributed by atoms with Crippen LogP contribution in [0.25, 0.3) is 0 Å². The average Bonchev–Trinajstić information content (AvgIpc) is 2.51. The third-order valence-corrected chi connectivity index (χ3v) is 4.41. The third-order valence-electron chi connectivity index (χ3n) is 4.41. The predicted octanol–water partition coefficient (Wildman–Crippen LogP) is 0.968. The van der Waals surface area contributed by atoms with Crippen LogP contribution >= 0.6 is 0 Å². The topological polar surface area (TPSA) is 38.0 Å². The first-order valence-corrected chi connectivity index (χ1v) is 5.76. The Hall–Kier alpha value is -0.0800. The molecule has 2 nitrogen and oxygen atoms in total. The molecule has 0 radical (unpaired) electrons. The normalized spacial score (nSPS) is 53.5. The Bertz CT molecular complexity index is 198. The summed E-state index contributed by atoms with van der Waals surface area (Å²) in [6, 6.07) is 1.18. The lowest BCUT2D eigenvalue weighted by atomic mass is 10.0. The fourth-order valence-corrected chi connectivity index (χ4v) is 3.92. The molecule has 0 spiro atoms. The second-order valence-electron chi connectivity index (χ2n) is 5.40. The van der Waals surface area contributed by atoms with E-state index < -0.39 is 0 Å². The lowest BCUT2D eigenvalue weighted by molar-refractivity contribution is 0.453. The van der Waals surface area contributed by atoms with Gasteiger partial charge >= 0.3 is 0 Å². The minimum atomic E-state index is 0.318. The van der Waals surface area contributed by atoms with Crippen molar-refractivity contribution in [1.29, 1.82) is 0 Å². The van der Waals surface area contributed by atoms with Gasteiger partial charge in [0.25, 0.3) is 0 Å². The van der Waals surface area contributed by atoms with Crippen LogP contribution in [0.2, 0.25) is 0 Å². The van der Waals surface area contributed by atoms with E-state index in [0.29, 0.717) is 6.04 Å². The van der Waals surface area contributed by atoms with Gasteiger partial charge in [0.1, 0.15) is 0 Å². The maximum Gasteiger partial charge on any atom is 0.0136 e. The second kappa shape index (κ2) is 2.71. The summed E-state index contributed by atoms with van der Waals surface area (Å²) < 4.78 is 0. The van der Waals surface area contributed by atoms with E-state index >= 15 is 0 Å². The first kappa shape index (κ1) is 8.25. The standard InChI is InChI=1S/C11H20N2/c1-6(12)5-13-11-9-7-2-3-8(4-7)10(9)11/h6-11,13H,2-5,12H2,1H3/t6-,7?,8?,9?,10?,11?/m0/s1. The van der Waals surface area contributed by atoms with E-state index in [-0.39, 0.29) is 0 Å². The summed E-state index contributed by atoms with van der Waals surface area (Å²) in [6.07, 6.45) is 4.58. The van der Waals surface area contributed by atoms with Gasteiger partial charge in [-0.15, -0.1) is 0 Å². The van der Waals surface area contributed by atoms with Crippen molar-refractivity contribution >= 4 is 0 Å². The molecule has 0 aromatic heterocycles. The zero-order chi connectivity index (χ0) is 9.00. The molecule has 2 heteroatoms. The number of nitrogens with two attached hydrogens (primary N) is 1. The molecule has 3 fully saturated rings. The molecule has 3 aliphatic carbocycles. The van der Waals surface area contributed by atoms with E-state index in [0.717, 1.165) is 36.3 Å².